The summed E-state index contributed by atoms with van der Waals surface area (Å²) in [5.74, 6) is -0.686. The van der Waals surface area contributed by atoms with E-state index < -0.39 is 37.2 Å². The largest absolute Gasteiger partial charge is 0.352 e. The Labute approximate surface area is 118 Å². The third kappa shape index (κ3) is 5.73. The van der Waals surface area contributed by atoms with E-state index in [2.05, 4.69) is 5.32 Å². The number of carbonyl (C=O) groups excluding carboxylic acids is 1. The summed E-state index contributed by atoms with van der Waals surface area (Å²) in [4.78, 5) is 11.7. The second kappa shape index (κ2) is 6.37. The minimum atomic E-state index is -4.08. The summed E-state index contributed by atoms with van der Waals surface area (Å²) < 4.78 is 52.8. The second-order valence-corrected chi connectivity index (χ2v) is 9.14. The van der Waals surface area contributed by atoms with Gasteiger partial charge in [0.2, 0.25) is 5.91 Å². The van der Waals surface area contributed by atoms with E-state index in [1.54, 1.807) is 0 Å². The van der Waals surface area contributed by atoms with Crippen LogP contribution in [-0.2, 0) is 24.7 Å². The van der Waals surface area contributed by atoms with Crippen molar-refractivity contribution in [1.82, 2.24) is 5.32 Å². The fourth-order valence-corrected chi connectivity index (χ4v) is 3.71. The Hall–Kier alpha value is -0.710. The Balaban J connectivity index is 2.44. The van der Waals surface area contributed by atoms with E-state index >= 15 is 0 Å². The van der Waals surface area contributed by atoms with Crippen LogP contribution in [0.4, 0.5) is 0 Å². The lowest BCUT2D eigenvalue weighted by atomic mass is 10.2. The molecule has 0 radical (unpaired) electrons. The Bertz CT molecular complexity index is 556. The number of sulfone groups is 1. The zero-order chi connectivity index (χ0) is 15.6. The molecule has 1 aliphatic carbocycles. The molecule has 0 aromatic rings. The first-order valence-corrected chi connectivity index (χ1v) is 9.75. The fourth-order valence-electron chi connectivity index (χ4n) is 2.12. The van der Waals surface area contributed by atoms with Crippen LogP contribution in [0.5, 0.6) is 0 Å². The SMILES string of the molecule is CS(=O)(=O)CCC(N)C(=O)NC1CCC(S(=O)(=O)O)C1. The molecule has 0 aromatic carbocycles. The molecular weight excluding hydrogens is 308 g/mol. The smallest absolute Gasteiger partial charge is 0.267 e. The summed E-state index contributed by atoms with van der Waals surface area (Å²) in [6.07, 6.45) is 1.94. The highest BCUT2D eigenvalue weighted by atomic mass is 32.2. The van der Waals surface area contributed by atoms with E-state index in [4.69, 9.17) is 10.3 Å². The first-order valence-electron chi connectivity index (χ1n) is 6.19. The third-order valence-electron chi connectivity index (χ3n) is 3.29. The van der Waals surface area contributed by atoms with E-state index in [1.807, 2.05) is 0 Å². The molecule has 20 heavy (non-hydrogen) atoms. The summed E-state index contributed by atoms with van der Waals surface area (Å²) in [6.45, 7) is 0. The van der Waals surface area contributed by atoms with Crippen molar-refractivity contribution in [1.29, 1.82) is 0 Å². The molecule has 3 unspecified atom stereocenters. The predicted molar refractivity (Wildman–Crippen MR) is 73.4 cm³/mol. The first-order chi connectivity index (χ1) is 8.99. The van der Waals surface area contributed by atoms with E-state index in [1.165, 1.54) is 0 Å². The van der Waals surface area contributed by atoms with E-state index in [0.29, 0.717) is 6.42 Å². The minimum Gasteiger partial charge on any atom is -0.352 e. The van der Waals surface area contributed by atoms with Gasteiger partial charge in [-0.05, 0) is 25.7 Å². The number of nitrogens with one attached hydrogen (secondary N) is 1. The van der Waals surface area contributed by atoms with Crippen molar-refractivity contribution >= 4 is 25.9 Å². The number of hydrogen-bond acceptors (Lipinski definition) is 6. The zero-order valence-corrected chi connectivity index (χ0v) is 12.8. The highest BCUT2D eigenvalue weighted by molar-refractivity contribution is 7.90. The van der Waals surface area contributed by atoms with Gasteiger partial charge in [0.1, 0.15) is 9.84 Å². The lowest BCUT2D eigenvalue weighted by Crippen LogP contribution is -2.45. The van der Waals surface area contributed by atoms with Crippen molar-refractivity contribution in [3.8, 4) is 0 Å². The fraction of sp³-hybridized carbons (Fsp3) is 0.900. The number of nitrogens with two attached hydrogens (primary N) is 1. The van der Waals surface area contributed by atoms with Crippen molar-refractivity contribution in [3.63, 3.8) is 0 Å². The van der Waals surface area contributed by atoms with E-state index in [0.717, 1.165) is 6.26 Å². The number of carbonyl (C=O) groups is 1. The molecule has 1 saturated carbocycles. The summed E-state index contributed by atoms with van der Waals surface area (Å²) in [7, 11) is -7.26. The van der Waals surface area contributed by atoms with Crippen LogP contribution < -0.4 is 11.1 Å². The molecule has 0 aromatic heterocycles. The van der Waals surface area contributed by atoms with Gasteiger partial charge in [-0.2, -0.15) is 8.42 Å². The van der Waals surface area contributed by atoms with Crippen LogP contribution in [0.3, 0.4) is 0 Å². The average molecular weight is 328 g/mol. The molecule has 0 spiro atoms. The van der Waals surface area contributed by atoms with E-state index in [9.17, 15) is 21.6 Å². The molecule has 0 saturated heterocycles. The molecule has 0 heterocycles. The predicted octanol–water partition coefficient (Wildman–Crippen LogP) is -1.33. The van der Waals surface area contributed by atoms with Gasteiger partial charge in [0.05, 0.1) is 17.0 Å². The molecule has 1 amide bonds. The molecular formula is C10H20N2O6S2. The number of amides is 1. The Morgan fingerprint density at radius 1 is 1.35 bits per heavy atom. The van der Waals surface area contributed by atoms with Crippen LogP contribution in [-0.4, -0.2) is 56.6 Å². The summed E-state index contributed by atoms with van der Waals surface area (Å²) in [6, 6.07) is -1.31. The van der Waals surface area contributed by atoms with Crippen LogP contribution in [0.25, 0.3) is 0 Å². The molecule has 4 N–H and O–H groups in total. The van der Waals surface area contributed by atoms with Gasteiger partial charge < -0.3 is 11.1 Å². The molecule has 1 rings (SSSR count). The van der Waals surface area contributed by atoms with E-state index in [-0.39, 0.29) is 31.1 Å². The highest BCUT2D eigenvalue weighted by Crippen LogP contribution is 2.24. The zero-order valence-electron chi connectivity index (χ0n) is 11.1. The molecule has 3 atom stereocenters. The Morgan fingerprint density at radius 2 is 1.95 bits per heavy atom. The summed E-state index contributed by atoms with van der Waals surface area (Å²) in [5, 5.41) is 1.72. The van der Waals surface area contributed by atoms with Gasteiger partial charge in [0, 0.05) is 12.3 Å². The highest BCUT2D eigenvalue weighted by Gasteiger charge is 2.34. The van der Waals surface area contributed by atoms with Crippen LogP contribution >= 0.6 is 0 Å². The average Bonchev–Trinajstić information content (AvgIpc) is 2.72. The lowest BCUT2D eigenvalue weighted by Gasteiger charge is -2.16. The van der Waals surface area contributed by atoms with Gasteiger partial charge in [-0.25, -0.2) is 8.42 Å². The molecule has 1 fully saturated rings. The lowest BCUT2D eigenvalue weighted by molar-refractivity contribution is -0.123. The monoisotopic (exact) mass is 328 g/mol. The molecule has 0 aliphatic heterocycles. The maximum Gasteiger partial charge on any atom is 0.267 e. The van der Waals surface area contributed by atoms with Gasteiger partial charge in [0.15, 0.2) is 0 Å². The van der Waals surface area contributed by atoms with Crippen molar-refractivity contribution in [2.45, 2.75) is 43.0 Å². The maximum atomic E-state index is 11.7. The van der Waals surface area contributed by atoms with Crippen molar-refractivity contribution in [3.05, 3.63) is 0 Å². The molecule has 0 bridgehead atoms. The summed E-state index contributed by atoms with van der Waals surface area (Å²) in [5.41, 5.74) is 5.58. The second-order valence-electron chi connectivity index (χ2n) is 5.18. The molecule has 118 valence electrons. The third-order valence-corrected chi connectivity index (χ3v) is 5.54. The maximum absolute atomic E-state index is 11.7. The van der Waals surface area contributed by atoms with Gasteiger partial charge in [0.25, 0.3) is 10.1 Å². The van der Waals surface area contributed by atoms with Crippen LogP contribution in [0.15, 0.2) is 0 Å². The molecule has 8 nitrogen and oxygen atoms in total. The van der Waals surface area contributed by atoms with Gasteiger partial charge in [-0.1, -0.05) is 0 Å². The number of hydrogen-bond donors (Lipinski definition) is 3. The first kappa shape index (κ1) is 17.3. The van der Waals surface area contributed by atoms with Crippen LogP contribution in [0, 0.1) is 0 Å². The number of rotatable bonds is 6. The topological polar surface area (TPSA) is 144 Å². The Kier molecular flexibility index (Phi) is 5.53. The normalized spacial score (nSPS) is 25.4. The van der Waals surface area contributed by atoms with Crippen molar-refractivity contribution < 1.29 is 26.2 Å². The standard InChI is InChI=1S/C10H20N2O6S2/c1-19(14,15)5-4-9(11)10(13)12-7-2-3-8(6-7)20(16,17)18/h7-9H,2-6,11H2,1H3,(H,12,13)(H,16,17,18). The molecule has 1 aliphatic rings. The minimum absolute atomic E-state index is 0.0130. The molecule has 10 heteroatoms. The summed E-state index contributed by atoms with van der Waals surface area (Å²) >= 11 is 0. The van der Waals surface area contributed by atoms with Gasteiger partial charge in [-0.15, -0.1) is 0 Å². The van der Waals surface area contributed by atoms with Crippen molar-refractivity contribution in [2.75, 3.05) is 12.0 Å². The van der Waals surface area contributed by atoms with Gasteiger partial charge in [-0.3, -0.25) is 9.35 Å². The van der Waals surface area contributed by atoms with Gasteiger partial charge >= 0.3 is 0 Å². The van der Waals surface area contributed by atoms with Crippen LogP contribution in [0.1, 0.15) is 25.7 Å². The Morgan fingerprint density at radius 3 is 2.40 bits per heavy atom. The van der Waals surface area contributed by atoms with Crippen LogP contribution in [0.2, 0.25) is 0 Å². The quantitative estimate of drug-likeness (QED) is 0.513. The van der Waals surface area contributed by atoms with Crippen molar-refractivity contribution in [2.24, 2.45) is 5.73 Å².